The van der Waals surface area contributed by atoms with E-state index in [1.165, 1.54) is 10.3 Å². The fourth-order valence-corrected chi connectivity index (χ4v) is 2.27. The van der Waals surface area contributed by atoms with E-state index in [4.69, 9.17) is 0 Å². The summed E-state index contributed by atoms with van der Waals surface area (Å²) in [7, 11) is 3.65. The molecule has 118 valence electrons. The molecule has 0 bridgehead atoms. The van der Waals surface area contributed by atoms with Crippen molar-refractivity contribution in [2.45, 2.75) is 25.8 Å². The molecular weight excluding hydrogens is 280 g/mol. The van der Waals surface area contributed by atoms with Crippen molar-refractivity contribution in [2.75, 3.05) is 5.32 Å². The predicted molar refractivity (Wildman–Crippen MR) is 87.0 cm³/mol. The smallest absolute Gasteiger partial charge is 0.319 e. The molecule has 2 heterocycles. The Morgan fingerprint density at radius 2 is 1.86 bits per heavy atom. The Hall–Kier alpha value is -2.50. The summed E-state index contributed by atoms with van der Waals surface area (Å²) in [5.74, 6) is 0. The van der Waals surface area contributed by atoms with E-state index >= 15 is 0 Å². The molecule has 1 atom stereocenters. The lowest BCUT2D eigenvalue weighted by Crippen LogP contribution is -2.38. The second-order valence-electron chi connectivity index (χ2n) is 5.49. The molecule has 0 fully saturated rings. The maximum atomic E-state index is 11.9. The number of rotatable bonds is 5. The number of urea groups is 1. The van der Waals surface area contributed by atoms with Gasteiger partial charge in [0.15, 0.2) is 0 Å². The molecule has 22 heavy (non-hydrogen) atoms. The van der Waals surface area contributed by atoms with Crippen molar-refractivity contribution in [1.82, 2.24) is 14.5 Å². The molecule has 0 aliphatic rings. The van der Waals surface area contributed by atoms with Gasteiger partial charge in [-0.3, -0.25) is 4.79 Å². The first-order valence-electron chi connectivity index (χ1n) is 7.30. The van der Waals surface area contributed by atoms with Crippen LogP contribution < -0.4 is 16.2 Å². The zero-order valence-corrected chi connectivity index (χ0v) is 13.2. The second kappa shape index (κ2) is 6.98. The quantitative estimate of drug-likeness (QED) is 0.885. The number of hydrogen-bond donors (Lipinski definition) is 2. The summed E-state index contributed by atoms with van der Waals surface area (Å²) in [5.41, 5.74) is 1.28. The lowest BCUT2D eigenvalue weighted by molar-refractivity contribution is 0.248. The minimum Gasteiger partial charge on any atom is -0.354 e. The van der Waals surface area contributed by atoms with Gasteiger partial charge in [0.1, 0.15) is 5.69 Å². The van der Waals surface area contributed by atoms with Crippen molar-refractivity contribution in [1.29, 1.82) is 0 Å². The van der Waals surface area contributed by atoms with Crippen LogP contribution in [0.3, 0.4) is 0 Å². The fraction of sp³-hybridized carbons (Fsp3) is 0.375. The summed E-state index contributed by atoms with van der Waals surface area (Å²) >= 11 is 0. The number of carbonyl (C=O) groups excluding carboxylic acids is 1. The minimum atomic E-state index is -0.359. The van der Waals surface area contributed by atoms with Crippen LogP contribution in [0.15, 0.2) is 41.5 Å². The van der Waals surface area contributed by atoms with Gasteiger partial charge < -0.3 is 19.8 Å². The topological polar surface area (TPSA) is 68.1 Å². The lowest BCUT2D eigenvalue weighted by atomic mass is 10.1. The van der Waals surface area contributed by atoms with Crippen LogP contribution in [0.2, 0.25) is 0 Å². The van der Waals surface area contributed by atoms with Crippen LogP contribution >= 0.6 is 0 Å². The number of carbonyl (C=O) groups is 1. The second-order valence-corrected chi connectivity index (χ2v) is 5.49. The van der Waals surface area contributed by atoms with E-state index in [1.807, 2.05) is 26.2 Å². The lowest BCUT2D eigenvalue weighted by Gasteiger charge is -2.15. The summed E-state index contributed by atoms with van der Waals surface area (Å²) in [4.78, 5) is 23.8. The highest BCUT2D eigenvalue weighted by molar-refractivity contribution is 5.89. The zero-order valence-electron chi connectivity index (χ0n) is 13.2. The van der Waals surface area contributed by atoms with Crippen LogP contribution in [0, 0.1) is 0 Å². The summed E-state index contributed by atoms with van der Waals surface area (Å²) in [6, 6.07) is 7.04. The highest BCUT2D eigenvalue weighted by Crippen LogP contribution is 2.06. The van der Waals surface area contributed by atoms with Crippen molar-refractivity contribution in [2.24, 2.45) is 14.1 Å². The highest BCUT2D eigenvalue weighted by atomic mass is 16.2. The summed E-state index contributed by atoms with van der Waals surface area (Å²) < 4.78 is 3.49. The standard InChI is InChI=1S/C16H22N4O2/c1-12(8-9-13-6-4-10-19(13)2)17-16(22)18-14-7-5-11-20(3)15(14)21/h4-7,10-12H,8-9H2,1-3H3,(H2,17,18,22)/t12-/m0/s1. The normalized spacial score (nSPS) is 12.0. The van der Waals surface area contributed by atoms with Gasteiger partial charge in [0.2, 0.25) is 0 Å². The molecule has 2 aromatic rings. The monoisotopic (exact) mass is 302 g/mol. The van der Waals surface area contributed by atoms with E-state index in [9.17, 15) is 9.59 Å². The number of amides is 2. The first-order valence-corrected chi connectivity index (χ1v) is 7.30. The third-order valence-electron chi connectivity index (χ3n) is 3.63. The van der Waals surface area contributed by atoms with Gasteiger partial charge in [-0.1, -0.05) is 0 Å². The van der Waals surface area contributed by atoms with Gasteiger partial charge in [0.05, 0.1) is 0 Å². The Morgan fingerprint density at radius 1 is 1.18 bits per heavy atom. The number of anilines is 1. The molecule has 0 saturated carbocycles. The Bertz CT molecular complexity index is 702. The third kappa shape index (κ3) is 4.00. The van der Waals surface area contributed by atoms with E-state index in [2.05, 4.69) is 21.3 Å². The van der Waals surface area contributed by atoms with E-state index < -0.39 is 0 Å². The molecule has 0 aromatic carbocycles. The number of aryl methyl sites for hydroxylation is 3. The highest BCUT2D eigenvalue weighted by Gasteiger charge is 2.10. The first kappa shape index (κ1) is 15.9. The van der Waals surface area contributed by atoms with Gasteiger partial charge in [-0.25, -0.2) is 4.79 Å². The van der Waals surface area contributed by atoms with Gasteiger partial charge in [0.25, 0.3) is 5.56 Å². The number of nitrogens with zero attached hydrogens (tertiary/aromatic N) is 2. The van der Waals surface area contributed by atoms with E-state index in [-0.39, 0.29) is 23.3 Å². The van der Waals surface area contributed by atoms with Crippen LogP contribution in [0.4, 0.5) is 10.5 Å². The van der Waals surface area contributed by atoms with Crippen molar-refractivity contribution < 1.29 is 4.79 Å². The number of aromatic nitrogens is 2. The average Bonchev–Trinajstić information content (AvgIpc) is 2.87. The van der Waals surface area contributed by atoms with Crippen molar-refractivity contribution in [3.05, 3.63) is 52.7 Å². The molecule has 0 unspecified atom stereocenters. The maximum absolute atomic E-state index is 11.9. The Kier molecular flexibility index (Phi) is 5.04. The predicted octanol–water partition coefficient (Wildman–Crippen LogP) is 1.87. The molecule has 6 nitrogen and oxygen atoms in total. The maximum Gasteiger partial charge on any atom is 0.319 e. The van der Waals surface area contributed by atoms with E-state index in [0.29, 0.717) is 0 Å². The number of pyridine rings is 1. The summed E-state index contributed by atoms with van der Waals surface area (Å²) in [6.45, 7) is 1.95. The Balaban J connectivity index is 1.85. The summed E-state index contributed by atoms with van der Waals surface area (Å²) in [5, 5.41) is 5.45. The van der Waals surface area contributed by atoms with Crippen LogP contribution in [-0.4, -0.2) is 21.2 Å². The van der Waals surface area contributed by atoms with Crippen LogP contribution in [0.5, 0.6) is 0 Å². The average molecular weight is 302 g/mol. The molecule has 0 radical (unpaired) electrons. The molecular formula is C16H22N4O2. The first-order chi connectivity index (χ1) is 10.5. The van der Waals surface area contributed by atoms with Crippen LogP contribution in [0.25, 0.3) is 0 Å². The Morgan fingerprint density at radius 3 is 2.55 bits per heavy atom. The molecule has 2 amide bonds. The molecule has 2 N–H and O–H groups in total. The van der Waals surface area contributed by atoms with Gasteiger partial charge in [0, 0.05) is 38.2 Å². The van der Waals surface area contributed by atoms with Gasteiger partial charge in [-0.05, 0) is 44.0 Å². The third-order valence-corrected chi connectivity index (χ3v) is 3.63. The fourth-order valence-electron chi connectivity index (χ4n) is 2.27. The summed E-state index contributed by atoms with van der Waals surface area (Å²) in [6.07, 6.45) is 5.37. The van der Waals surface area contributed by atoms with E-state index in [1.54, 1.807) is 25.4 Å². The SMILES string of the molecule is C[C@@H](CCc1cccn1C)NC(=O)Nc1cccn(C)c1=O. The molecule has 0 aliphatic heterocycles. The van der Waals surface area contributed by atoms with Gasteiger partial charge >= 0.3 is 6.03 Å². The molecule has 0 spiro atoms. The zero-order chi connectivity index (χ0) is 16.1. The largest absolute Gasteiger partial charge is 0.354 e. The van der Waals surface area contributed by atoms with Crippen LogP contribution in [0.1, 0.15) is 19.0 Å². The van der Waals surface area contributed by atoms with Crippen molar-refractivity contribution in [3.8, 4) is 0 Å². The number of nitrogens with one attached hydrogen (secondary N) is 2. The molecule has 0 saturated heterocycles. The van der Waals surface area contributed by atoms with Gasteiger partial charge in [-0.2, -0.15) is 0 Å². The van der Waals surface area contributed by atoms with Crippen molar-refractivity contribution >= 4 is 11.7 Å². The van der Waals surface area contributed by atoms with Gasteiger partial charge in [-0.15, -0.1) is 0 Å². The van der Waals surface area contributed by atoms with Crippen LogP contribution in [-0.2, 0) is 20.5 Å². The molecule has 2 rings (SSSR count). The molecule has 2 aromatic heterocycles. The minimum absolute atomic E-state index is 0.0162. The molecule has 6 heteroatoms. The number of hydrogen-bond acceptors (Lipinski definition) is 2. The van der Waals surface area contributed by atoms with Crippen molar-refractivity contribution in [3.63, 3.8) is 0 Å². The van der Waals surface area contributed by atoms with E-state index in [0.717, 1.165) is 12.8 Å². The molecule has 0 aliphatic carbocycles. The Labute approximate surface area is 129 Å².